The van der Waals surface area contributed by atoms with Gasteiger partial charge < -0.3 is 14.8 Å². The van der Waals surface area contributed by atoms with E-state index in [1.54, 1.807) is 6.92 Å². The lowest BCUT2D eigenvalue weighted by molar-refractivity contribution is 0.0945. The molecule has 0 bridgehead atoms. The van der Waals surface area contributed by atoms with Crippen molar-refractivity contribution in [3.63, 3.8) is 0 Å². The third kappa shape index (κ3) is 2.57. The molecule has 7 nitrogen and oxygen atoms in total. The van der Waals surface area contributed by atoms with Crippen LogP contribution in [0.4, 0.5) is 0 Å². The van der Waals surface area contributed by atoms with Crippen molar-refractivity contribution in [2.75, 3.05) is 0 Å². The number of aromatic nitrogens is 3. The van der Waals surface area contributed by atoms with Gasteiger partial charge in [0.1, 0.15) is 5.56 Å². The Morgan fingerprint density at radius 1 is 1.59 bits per heavy atom. The van der Waals surface area contributed by atoms with Crippen LogP contribution in [0, 0.1) is 6.92 Å². The SMILES string of the molecule is Cc1noc(CNC(=O)c2c[nH]ccc2=O)n1. The number of pyridine rings is 1. The van der Waals surface area contributed by atoms with E-state index in [-0.39, 0.29) is 17.5 Å². The number of aryl methyl sites for hydroxylation is 1. The number of nitrogens with one attached hydrogen (secondary N) is 2. The summed E-state index contributed by atoms with van der Waals surface area (Å²) in [7, 11) is 0. The number of H-pyrrole nitrogens is 1. The summed E-state index contributed by atoms with van der Waals surface area (Å²) >= 11 is 0. The van der Waals surface area contributed by atoms with Crippen molar-refractivity contribution in [1.82, 2.24) is 20.4 Å². The third-order valence-corrected chi connectivity index (χ3v) is 2.04. The molecule has 2 aromatic rings. The van der Waals surface area contributed by atoms with E-state index in [1.807, 2.05) is 0 Å². The summed E-state index contributed by atoms with van der Waals surface area (Å²) in [5.74, 6) is 0.303. The molecule has 0 saturated carbocycles. The van der Waals surface area contributed by atoms with E-state index < -0.39 is 5.91 Å². The molecule has 0 aliphatic carbocycles. The van der Waals surface area contributed by atoms with Crippen molar-refractivity contribution in [3.05, 3.63) is 46.0 Å². The minimum Gasteiger partial charge on any atom is -0.367 e. The van der Waals surface area contributed by atoms with Crippen LogP contribution >= 0.6 is 0 Å². The fraction of sp³-hybridized carbons (Fsp3) is 0.200. The molecule has 2 N–H and O–H groups in total. The molecule has 0 saturated heterocycles. The van der Waals surface area contributed by atoms with Gasteiger partial charge in [0.2, 0.25) is 5.89 Å². The van der Waals surface area contributed by atoms with E-state index in [1.165, 1.54) is 18.5 Å². The largest absolute Gasteiger partial charge is 0.367 e. The van der Waals surface area contributed by atoms with Crippen molar-refractivity contribution >= 4 is 5.91 Å². The lowest BCUT2D eigenvalue weighted by atomic mass is 10.2. The van der Waals surface area contributed by atoms with Crippen LogP contribution in [0.5, 0.6) is 0 Å². The Morgan fingerprint density at radius 3 is 3.06 bits per heavy atom. The highest BCUT2D eigenvalue weighted by Crippen LogP contribution is 1.96. The van der Waals surface area contributed by atoms with E-state index in [4.69, 9.17) is 4.52 Å². The average Bonchev–Trinajstić information content (AvgIpc) is 2.73. The number of nitrogens with zero attached hydrogens (tertiary/aromatic N) is 2. The minimum absolute atomic E-state index is 0.0451. The Bertz CT molecular complexity index is 587. The summed E-state index contributed by atoms with van der Waals surface area (Å²) in [6, 6.07) is 1.28. The highest BCUT2D eigenvalue weighted by Gasteiger charge is 2.10. The van der Waals surface area contributed by atoms with E-state index in [0.29, 0.717) is 11.7 Å². The molecule has 88 valence electrons. The highest BCUT2D eigenvalue weighted by molar-refractivity contribution is 5.93. The quantitative estimate of drug-likeness (QED) is 0.778. The smallest absolute Gasteiger partial charge is 0.257 e. The van der Waals surface area contributed by atoms with Crippen LogP contribution in [0.3, 0.4) is 0 Å². The topological polar surface area (TPSA) is 101 Å². The number of amides is 1. The molecule has 0 aliphatic heterocycles. The van der Waals surface area contributed by atoms with Gasteiger partial charge in [-0.3, -0.25) is 9.59 Å². The number of rotatable bonds is 3. The van der Waals surface area contributed by atoms with E-state index in [0.717, 1.165) is 0 Å². The van der Waals surface area contributed by atoms with Crippen LogP contribution in [-0.4, -0.2) is 21.0 Å². The van der Waals surface area contributed by atoms with E-state index in [9.17, 15) is 9.59 Å². The molecule has 0 fully saturated rings. The summed E-state index contributed by atoms with van der Waals surface area (Å²) in [6.45, 7) is 1.77. The fourth-order valence-electron chi connectivity index (χ4n) is 1.26. The molecule has 0 spiro atoms. The summed E-state index contributed by atoms with van der Waals surface area (Å²) < 4.78 is 4.82. The van der Waals surface area contributed by atoms with Gasteiger partial charge >= 0.3 is 0 Å². The minimum atomic E-state index is -0.484. The molecule has 2 rings (SSSR count). The Labute approximate surface area is 95.9 Å². The van der Waals surface area contributed by atoms with Gasteiger partial charge in [0.25, 0.3) is 5.91 Å². The number of aromatic amines is 1. The zero-order valence-electron chi connectivity index (χ0n) is 9.06. The molecule has 0 unspecified atom stereocenters. The van der Waals surface area contributed by atoms with Gasteiger partial charge in [-0.05, 0) is 6.92 Å². The first-order valence-electron chi connectivity index (χ1n) is 4.91. The Morgan fingerprint density at radius 2 is 2.41 bits per heavy atom. The van der Waals surface area contributed by atoms with Gasteiger partial charge in [-0.15, -0.1) is 0 Å². The number of hydrogen-bond acceptors (Lipinski definition) is 5. The second kappa shape index (κ2) is 4.60. The first-order chi connectivity index (χ1) is 8.16. The molecule has 2 aromatic heterocycles. The molecule has 2 heterocycles. The monoisotopic (exact) mass is 234 g/mol. The lowest BCUT2D eigenvalue weighted by Crippen LogP contribution is -2.28. The van der Waals surface area contributed by atoms with Crippen molar-refractivity contribution in [2.24, 2.45) is 0 Å². The normalized spacial score (nSPS) is 10.2. The second-order valence-electron chi connectivity index (χ2n) is 3.34. The van der Waals surface area contributed by atoms with Crippen molar-refractivity contribution in [2.45, 2.75) is 13.5 Å². The number of carbonyl (C=O) groups is 1. The maximum atomic E-state index is 11.6. The molecule has 0 atom stereocenters. The van der Waals surface area contributed by atoms with Gasteiger partial charge in [-0.1, -0.05) is 5.16 Å². The molecule has 7 heteroatoms. The van der Waals surface area contributed by atoms with Crippen LogP contribution in [0.25, 0.3) is 0 Å². The van der Waals surface area contributed by atoms with E-state index >= 15 is 0 Å². The first-order valence-corrected chi connectivity index (χ1v) is 4.91. The van der Waals surface area contributed by atoms with Gasteiger partial charge in [-0.25, -0.2) is 0 Å². The Balaban J connectivity index is 2.03. The Hall–Kier alpha value is -2.44. The van der Waals surface area contributed by atoms with Crippen LogP contribution in [0.2, 0.25) is 0 Å². The lowest BCUT2D eigenvalue weighted by Gasteiger charge is -2.00. The molecular formula is C10H10N4O3. The maximum absolute atomic E-state index is 11.6. The van der Waals surface area contributed by atoms with Crippen molar-refractivity contribution < 1.29 is 9.32 Å². The standard InChI is InChI=1S/C10H10N4O3/c1-6-13-9(17-14-6)5-12-10(16)7-4-11-3-2-8(7)15/h2-4H,5H2,1H3,(H,11,15)(H,12,16). The molecule has 0 aliphatic rings. The fourth-order valence-corrected chi connectivity index (χ4v) is 1.26. The predicted octanol–water partition coefficient (Wildman–Crippen LogP) is -0.00368. The molecule has 0 radical (unpaired) electrons. The van der Waals surface area contributed by atoms with Crippen molar-refractivity contribution in [3.8, 4) is 0 Å². The zero-order chi connectivity index (χ0) is 12.3. The summed E-state index contributed by atoms with van der Waals surface area (Å²) in [4.78, 5) is 29.6. The zero-order valence-corrected chi connectivity index (χ0v) is 9.06. The number of carbonyl (C=O) groups excluding carboxylic acids is 1. The summed E-state index contributed by atoms with van der Waals surface area (Å²) in [5, 5.41) is 6.09. The molecule has 17 heavy (non-hydrogen) atoms. The predicted molar refractivity (Wildman–Crippen MR) is 57.3 cm³/mol. The highest BCUT2D eigenvalue weighted by atomic mass is 16.5. The first kappa shape index (κ1) is 11.1. The molecule has 0 aromatic carbocycles. The number of hydrogen-bond donors (Lipinski definition) is 2. The van der Waals surface area contributed by atoms with Crippen LogP contribution < -0.4 is 10.7 Å². The summed E-state index contributed by atoms with van der Waals surface area (Å²) in [6.07, 6.45) is 2.80. The third-order valence-electron chi connectivity index (χ3n) is 2.04. The van der Waals surface area contributed by atoms with Crippen LogP contribution in [-0.2, 0) is 6.54 Å². The van der Waals surface area contributed by atoms with Gasteiger partial charge in [0, 0.05) is 18.5 Å². The van der Waals surface area contributed by atoms with Gasteiger partial charge in [0.05, 0.1) is 6.54 Å². The van der Waals surface area contributed by atoms with Crippen molar-refractivity contribution in [1.29, 1.82) is 0 Å². The maximum Gasteiger partial charge on any atom is 0.257 e. The summed E-state index contributed by atoms with van der Waals surface area (Å²) in [5.41, 5.74) is -0.299. The van der Waals surface area contributed by atoms with Gasteiger partial charge in [-0.2, -0.15) is 4.98 Å². The van der Waals surface area contributed by atoms with Gasteiger partial charge in [0.15, 0.2) is 11.3 Å². The Kier molecular flexibility index (Phi) is 2.99. The molecule has 1 amide bonds. The average molecular weight is 234 g/mol. The van der Waals surface area contributed by atoms with E-state index in [2.05, 4.69) is 20.4 Å². The van der Waals surface area contributed by atoms with Crippen LogP contribution in [0.15, 0.2) is 27.8 Å². The molecular weight excluding hydrogens is 224 g/mol. The second-order valence-corrected chi connectivity index (χ2v) is 3.34. The van der Waals surface area contributed by atoms with Crippen LogP contribution in [0.1, 0.15) is 22.1 Å².